The third kappa shape index (κ3) is 10.9. The molecule has 0 saturated carbocycles. The van der Waals surface area contributed by atoms with Crippen molar-refractivity contribution in [1.82, 2.24) is 19.6 Å². The molecule has 0 amide bonds. The fourth-order valence-corrected chi connectivity index (χ4v) is 1.66. The minimum absolute atomic E-state index is 0.742. The molecule has 0 bridgehead atoms. The number of hydrogen-bond acceptors (Lipinski definition) is 5. The minimum atomic E-state index is 0.742. The minimum Gasteiger partial charge on any atom is -0.329 e. The zero-order valence-electron chi connectivity index (χ0n) is 13.0. The molecular formula is C13H33N5. The van der Waals surface area contributed by atoms with Crippen molar-refractivity contribution in [2.45, 2.75) is 0 Å². The van der Waals surface area contributed by atoms with Crippen molar-refractivity contribution in [1.29, 1.82) is 0 Å². The highest BCUT2D eigenvalue weighted by molar-refractivity contribution is 4.64. The fourth-order valence-electron chi connectivity index (χ4n) is 1.66. The van der Waals surface area contributed by atoms with Crippen LogP contribution in [0.1, 0.15) is 0 Å². The van der Waals surface area contributed by atoms with E-state index in [9.17, 15) is 0 Å². The predicted molar refractivity (Wildman–Crippen MR) is 80.1 cm³/mol. The molecule has 110 valence electrons. The van der Waals surface area contributed by atoms with Crippen LogP contribution in [0.2, 0.25) is 0 Å². The molecule has 2 N–H and O–H groups in total. The third-order valence-corrected chi connectivity index (χ3v) is 3.04. The number of hydrogen-bond donors (Lipinski definition) is 1. The maximum atomic E-state index is 5.56. The topological polar surface area (TPSA) is 39.0 Å². The molecule has 0 heterocycles. The SMILES string of the molecule is CN(C)CCN(CCN(C)C)CCN(C)CCN. The summed E-state index contributed by atoms with van der Waals surface area (Å²) in [7, 11) is 10.7. The lowest BCUT2D eigenvalue weighted by Crippen LogP contribution is -2.41. The summed E-state index contributed by atoms with van der Waals surface area (Å²) in [6.45, 7) is 8.45. The van der Waals surface area contributed by atoms with Crippen LogP contribution in [0, 0.1) is 0 Å². The second-order valence-corrected chi connectivity index (χ2v) is 5.54. The second kappa shape index (κ2) is 10.7. The van der Waals surface area contributed by atoms with Gasteiger partial charge in [-0.15, -0.1) is 0 Å². The van der Waals surface area contributed by atoms with Crippen LogP contribution in [0.5, 0.6) is 0 Å². The van der Waals surface area contributed by atoms with Crippen LogP contribution in [0.15, 0.2) is 0 Å². The molecule has 0 unspecified atom stereocenters. The third-order valence-electron chi connectivity index (χ3n) is 3.04. The average molecular weight is 259 g/mol. The maximum Gasteiger partial charge on any atom is 0.0110 e. The molecule has 0 aliphatic heterocycles. The maximum absolute atomic E-state index is 5.56. The van der Waals surface area contributed by atoms with Crippen molar-refractivity contribution in [3.63, 3.8) is 0 Å². The van der Waals surface area contributed by atoms with Gasteiger partial charge in [0.05, 0.1) is 0 Å². The molecular weight excluding hydrogens is 226 g/mol. The van der Waals surface area contributed by atoms with E-state index in [0.717, 1.165) is 52.4 Å². The van der Waals surface area contributed by atoms with Crippen LogP contribution in [-0.4, -0.2) is 107 Å². The Labute approximate surface area is 113 Å². The van der Waals surface area contributed by atoms with E-state index >= 15 is 0 Å². The molecule has 0 rings (SSSR count). The molecule has 0 spiro atoms. The second-order valence-electron chi connectivity index (χ2n) is 5.54. The van der Waals surface area contributed by atoms with Crippen molar-refractivity contribution in [3.05, 3.63) is 0 Å². The predicted octanol–water partition coefficient (Wildman–Crippen LogP) is -0.698. The normalized spacial score (nSPS) is 12.3. The lowest BCUT2D eigenvalue weighted by molar-refractivity contribution is 0.194. The van der Waals surface area contributed by atoms with Gasteiger partial charge in [0.2, 0.25) is 0 Å². The van der Waals surface area contributed by atoms with Gasteiger partial charge in [0.15, 0.2) is 0 Å². The molecule has 0 aromatic rings. The highest BCUT2D eigenvalue weighted by Crippen LogP contribution is 1.92. The van der Waals surface area contributed by atoms with E-state index in [1.54, 1.807) is 0 Å². The van der Waals surface area contributed by atoms with Crippen LogP contribution >= 0.6 is 0 Å². The van der Waals surface area contributed by atoms with Crippen LogP contribution in [0.3, 0.4) is 0 Å². The van der Waals surface area contributed by atoms with Gasteiger partial charge < -0.3 is 20.4 Å². The van der Waals surface area contributed by atoms with E-state index in [0.29, 0.717) is 0 Å². The lowest BCUT2D eigenvalue weighted by Gasteiger charge is -2.27. The van der Waals surface area contributed by atoms with Crippen LogP contribution in [0.25, 0.3) is 0 Å². The highest BCUT2D eigenvalue weighted by atomic mass is 15.2. The summed E-state index contributed by atoms with van der Waals surface area (Å²) in [6, 6.07) is 0. The van der Waals surface area contributed by atoms with Gasteiger partial charge in [-0.1, -0.05) is 0 Å². The molecule has 0 aromatic heterocycles. The standard InChI is InChI=1S/C13H33N5/c1-15(2)8-11-18(12-9-16(3)4)13-10-17(5)7-6-14/h6-14H2,1-5H3. The van der Waals surface area contributed by atoms with Crippen LogP contribution in [0.4, 0.5) is 0 Å². The Morgan fingerprint density at radius 1 is 0.611 bits per heavy atom. The number of rotatable bonds is 11. The summed E-state index contributed by atoms with van der Waals surface area (Å²) in [5, 5.41) is 0. The molecule has 0 radical (unpaired) electrons. The quantitative estimate of drug-likeness (QED) is 0.531. The first kappa shape index (κ1) is 17.8. The van der Waals surface area contributed by atoms with E-state index in [4.69, 9.17) is 5.73 Å². The Bertz CT molecular complexity index is 172. The molecule has 5 heteroatoms. The van der Waals surface area contributed by atoms with Gasteiger partial charge in [-0.25, -0.2) is 0 Å². The largest absolute Gasteiger partial charge is 0.329 e. The molecule has 0 atom stereocenters. The summed E-state index contributed by atoms with van der Waals surface area (Å²) in [5.41, 5.74) is 5.56. The van der Waals surface area contributed by atoms with Gasteiger partial charge in [0.25, 0.3) is 0 Å². The van der Waals surface area contributed by atoms with Gasteiger partial charge in [0, 0.05) is 52.4 Å². The molecule has 0 fully saturated rings. The fraction of sp³-hybridized carbons (Fsp3) is 1.00. The zero-order chi connectivity index (χ0) is 14.0. The van der Waals surface area contributed by atoms with Gasteiger partial charge in [-0.3, -0.25) is 4.90 Å². The first-order valence-corrected chi connectivity index (χ1v) is 6.86. The van der Waals surface area contributed by atoms with Crippen molar-refractivity contribution >= 4 is 0 Å². The van der Waals surface area contributed by atoms with Gasteiger partial charge >= 0.3 is 0 Å². The summed E-state index contributed by atoms with van der Waals surface area (Å²) in [6.07, 6.45) is 0. The van der Waals surface area contributed by atoms with E-state index in [2.05, 4.69) is 54.8 Å². The lowest BCUT2D eigenvalue weighted by atomic mass is 10.4. The summed E-state index contributed by atoms with van der Waals surface area (Å²) in [5.74, 6) is 0. The molecule has 0 aliphatic rings. The number of nitrogens with two attached hydrogens (primary N) is 1. The van der Waals surface area contributed by atoms with E-state index in [1.807, 2.05) is 0 Å². The van der Waals surface area contributed by atoms with E-state index in [-0.39, 0.29) is 0 Å². The van der Waals surface area contributed by atoms with Gasteiger partial charge in [0.1, 0.15) is 0 Å². The average Bonchev–Trinajstić information content (AvgIpc) is 2.27. The summed E-state index contributed by atoms with van der Waals surface area (Å²) >= 11 is 0. The van der Waals surface area contributed by atoms with Crippen molar-refractivity contribution in [2.24, 2.45) is 5.73 Å². The first-order valence-electron chi connectivity index (χ1n) is 6.86. The Hall–Kier alpha value is -0.200. The van der Waals surface area contributed by atoms with Crippen molar-refractivity contribution in [3.8, 4) is 0 Å². The smallest absolute Gasteiger partial charge is 0.0110 e. The highest BCUT2D eigenvalue weighted by Gasteiger charge is 2.07. The van der Waals surface area contributed by atoms with Crippen LogP contribution in [-0.2, 0) is 0 Å². The molecule has 18 heavy (non-hydrogen) atoms. The Morgan fingerprint density at radius 2 is 1.06 bits per heavy atom. The number of likely N-dealkylation sites (N-methyl/N-ethyl adjacent to an activating group) is 3. The van der Waals surface area contributed by atoms with E-state index in [1.165, 1.54) is 0 Å². The Balaban J connectivity index is 3.94. The van der Waals surface area contributed by atoms with Crippen molar-refractivity contribution in [2.75, 3.05) is 87.6 Å². The first-order chi connectivity index (χ1) is 8.45. The number of nitrogens with zero attached hydrogens (tertiary/aromatic N) is 4. The van der Waals surface area contributed by atoms with Crippen molar-refractivity contribution < 1.29 is 0 Å². The Kier molecular flexibility index (Phi) is 10.6. The monoisotopic (exact) mass is 259 g/mol. The molecule has 0 saturated heterocycles. The zero-order valence-corrected chi connectivity index (χ0v) is 13.0. The van der Waals surface area contributed by atoms with Gasteiger partial charge in [-0.2, -0.15) is 0 Å². The molecule has 0 aromatic carbocycles. The summed E-state index contributed by atoms with van der Waals surface area (Å²) in [4.78, 5) is 9.32. The summed E-state index contributed by atoms with van der Waals surface area (Å²) < 4.78 is 0. The molecule has 0 aliphatic carbocycles. The van der Waals surface area contributed by atoms with Crippen LogP contribution < -0.4 is 5.73 Å². The van der Waals surface area contributed by atoms with Gasteiger partial charge in [-0.05, 0) is 35.2 Å². The molecule has 5 nitrogen and oxygen atoms in total. The Morgan fingerprint density at radius 3 is 1.44 bits per heavy atom. The van der Waals surface area contributed by atoms with E-state index < -0.39 is 0 Å².